The molecule has 0 aliphatic heterocycles. The van der Waals surface area contributed by atoms with Crippen LogP contribution in [0, 0.1) is 5.92 Å². The van der Waals surface area contributed by atoms with Gasteiger partial charge >= 0.3 is 0 Å². The molecule has 7 heteroatoms. The Kier molecular flexibility index (Phi) is 4.70. The Labute approximate surface area is 169 Å². The van der Waals surface area contributed by atoms with Gasteiger partial charge in [0.1, 0.15) is 4.83 Å². The Morgan fingerprint density at radius 2 is 2.15 bits per heavy atom. The van der Waals surface area contributed by atoms with Gasteiger partial charge in [-0.05, 0) is 61.5 Å². The molecule has 2 aliphatic rings. The number of fused-ring (bicyclic) bond motifs is 3. The zero-order chi connectivity index (χ0) is 18.4. The lowest BCUT2D eigenvalue weighted by Crippen LogP contribution is -2.25. The Morgan fingerprint density at radius 1 is 1.30 bits per heavy atom. The van der Waals surface area contributed by atoms with E-state index in [1.54, 1.807) is 11.3 Å². The SMILES string of the molecule is O=C(CSc1nc2sc3c(c2c(=O)n1CC1CC1)CCCC3)c1cccs1. The second kappa shape index (κ2) is 7.18. The first-order chi connectivity index (χ1) is 13.2. The Hall–Kier alpha value is -1.44. The number of aryl methyl sites for hydroxylation is 2. The van der Waals surface area contributed by atoms with Gasteiger partial charge in [-0.25, -0.2) is 4.98 Å². The topological polar surface area (TPSA) is 52.0 Å². The lowest BCUT2D eigenvalue weighted by atomic mass is 9.97. The third-order valence-corrected chi connectivity index (χ3v) is 8.38. The van der Waals surface area contributed by atoms with Crippen molar-refractivity contribution in [3.05, 3.63) is 43.2 Å². The van der Waals surface area contributed by atoms with Crippen molar-refractivity contribution in [3.63, 3.8) is 0 Å². The summed E-state index contributed by atoms with van der Waals surface area (Å²) in [7, 11) is 0. The summed E-state index contributed by atoms with van der Waals surface area (Å²) in [4.78, 5) is 33.6. The number of carbonyl (C=O) groups excluding carboxylic acids is 1. The van der Waals surface area contributed by atoms with Crippen molar-refractivity contribution in [2.45, 2.75) is 50.2 Å². The van der Waals surface area contributed by atoms with E-state index in [1.807, 2.05) is 22.1 Å². The molecule has 0 unspecified atom stereocenters. The standard InChI is InChI=1S/C20H20N2O2S3/c23-14(16-6-3-9-25-16)11-26-20-21-18-17(13-4-1-2-5-15(13)27-18)19(24)22(20)10-12-7-8-12/h3,6,9,12H,1-2,4-5,7-8,10-11H2. The van der Waals surface area contributed by atoms with Crippen LogP contribution < -0.4 is 5.56 Å². The first-order valence-corrected chi connectivity index (χ1v) is 12.1. The third kappa shape index (κ3) is 3.41. The van der Waals surface area contributed by atoms with E-state index < -0.39 is 0 Å². The van der Waals surface area contributed by atoms with Gasteiger partial charge in [-0.1, -0.05) is 17.8 Å². The lowest BCUT2D eigenvalue weighted by Gasteiger charge is -2.13. The number of Topliss-reactive ketones (excluding diaryl/α,β-unsaturated/α-hetero) is 1. The maximum absolute atomic E-state index is 13.4. The highest BCUT2D eigenvalue weighted by Crippen LogP contribution is 2.36. The first kappa shape index (κ1) is 17.6. The Morgan fingerprint density at radius 3 is 2.93 bits per heavy atom. The van der Waals surface area contributed by atoms with Crippen molar-refractivity contribution >= 4 is 50.4 Å². The molecular weight excluding hydrogens is 396 g/mol. The number of thiophene rings is 2. The van der Waals surface area contributed by atoms with E-state index in [9.17, 15) is 9.59 Å². The number of hydrogen-bond donors (Lipinski definition) is 0. The van der Waals surface area contributed by atoms with Crippen LogP contribution in [0.15, 0.2) is 27.5 Å². The molecule has 27 heavy (non-hydrogen) atoms. The van der Waals surface area contributed by atoms with Crippen LogP contribution in [0.1, 0.15) is 45.8 Å². The summed E-state index contributed by atoms with van der Waals surface area (Å²) in [5, 5.41) is 3.48. The minimum atomic E-state index is 0.104. The molecule has 0 spiro atoms. The highest BCUT2D eigenvalue weighted by molar-refractivity contribution is 7.99. The molecule has 2 aliphatic carbocycles. The fourth-order valence-corrected chi connectivity index (χ4v) is 6.64. The van der Waals surface area contributed by atoms with Gasteiger partial charge in [0.05, 0.1) is 16.0 Å². The maximum Gasteiger partial charge on any atom is 0.263 e. The number of aromatic nitrogens is 2. The molecule has 0 radical (unpaired) electrons. The quantitative estimate of drug-likeness (QED) is 0.330. The van der Waals surface area contributed by atoms with Crippen LogP contribution in [0.5, 0.6) is 0 Å². The number of nitrogens with zero attached hydrogens (tertiary/aromatic N) is 2. The molecule has 3 aromatic rings. The predicted octanol–water partition coefficient (Wildman–Crippen LogP) is 4.78. The van der Waals surface area contributed by atoms with Gasteiger partial charge in [0, 0.05) is 11.4 Å². The normalized spacial score (nSPS) is 16.6. The Balaban J connectivity index is 1.53. The van der Waals surface area contributed by atoms with E-state index >= 15 is 0 Å². The summed E-state index contributed by atoms with van der Waals surface area (Å²) >= 11 is 4.56. The van der Waals surface area contributed by atoms with Crippen molar-refractivity contribution in [1.82, 2.24) is 9.55 Å². The number of rotatable bonds is 6. The molecule has 0 aromatic carbocycles. The summed E-state index contributed by atoms with van der Waals surface area (Å²) in [6.45, 7) is 0.738. The van der Waals surface area contributed by atoms with Crippen LogP contribution in [0.4, 0.5) is 0 Å². The summed E-state index contributed by atoms with van der Waals surface area (Å²) < 4.78 is 1.86. The van der Waals surface area contributed by atoms with Crippen molar-refractivity contribution in [2.75, 3.05) is 5.75 Å². The molecule has 5 rings (SSSR count). The molecule has 0 saturated heterocycles. The van der Waals surface area contributed by atoms with Gasteiger partial charge in [0.15, 0.2) is 10.9 Å². The lowest BCUT2D eigenvalue weighted by molar-refractivity contribution is 0.102. The van der Waals surface area contributed by atoms with Crippen LogP contribution in [-0.2, 0) is 19.4 Å². The van der Waals surface area contributed by atoms with Crippen LogP contribution in [0.3, 0.4) is 0 Å². The van der Waals surface area contributed by atoms with Crippen molar-refractivity contribution in [2.24, 2.45) is 5.92 Å². The average molecular weight is 417 g/mol. The average Bonchev–Trinajstić information content (AvgIpc) is 3.18. The molecule has 140 valence electrons. The van der Waals surface area contributed by atoms with Crippen LogP contribution in [0.25, 0.3) is 10.2 Å². The number of carbonyl (C=O) groups is 1. The van der Waals surface area contributed by atoms with E-state index in [-0.39, 0.29) is 11.3 Å². The van der Waals surface area contributed by atoms with Gasteiger partial charge in [0.25, 0.3) is 5.56 Å². The van der Waals surface area contributed by atoms with E-state index in [4.69, 9.17) is 4.98 Å². The van der Waals surface area contributed by atoms with E-state index in [2.05, 4.69) is 0 Å². The Bertz CT molecular complexity index is 1060. The summed E-state index contributed by atoms with van der Waals surface area (Å²) in [5.74, 6) is 1.02. The van der Waals surface area contributed by atoms with Gasteiger partial charge in [-0.3, -0.25) is 14.2 Å². The van der Waals surface area contributed by atoms with E-state index in [0.717, 1.165) is 40.9 Å². The summed E-state index contributed by atoms with van der Waals surface area (Å²) in [6.07, 6.45) is 6.80. The zero-order valence-electron chi connectivity index (χ0n) is 14.9. The zero-order valence-corrected chi connectivity index (χ0v) is 17.4. The number of thioether (sulfide) groups is 1. The molecule has 0 atom stereocenters. The second-order valence-electron chi connectivity index (χ2n) is 7.33. The largest absolute Gasteiger partial charge is 0.292 e. The monoisotopic (exact) mass is 416 g/mol. The van der Waals surface area contributed by atoms with Crippen LogP contribution in [0.2, 0.25) is 0 Å². The number of hydrogen-bond acceptors (Lipinski definition) is 6. The minimum Gasteiger partial charge on any atom is -0.292 e. The van der Waals surface area contributed by atoms with Crippen LogP contribution in [-0.4, -0.2) is 21.1 Å². The molecule has 1 saturated carbocycles. The highest BCUT2D eigenvalue weighted by Gasteiger charge is 2.27. The van der Waals surface area contributed by atoms with Gasteiger partial charge in [-0.2, -0.15) is 0 Å². The smallest absolute Gasteiger partial charge is 0.263 e. The summed E-state index contributed by atoms with van der Waals surface area (Å²) in [5.41, 5.74) is 1.35. The van der Waals surface area contributed by atoms with Crippen LogP contribution >= 0.6 is 34.4 Å². The van der Waals surface area contributed by atoms with Gasteiger partial charge < -0.3 is 0 Å². The molecule has 0 bridgehead atoms. The highest BCUT2D eigenvalue weighted by atomic mass is 32.2. The minimum absolute atomic E-state index is 0.104. The van der Waals surface area contributed by atoms with Crippen molar-refractivity contribution < 1.29 is 4.79 Å². The van der Waals surface area contributed by atoms with Crippen molar-refractivity contribution in [3.8, 4) is 0 Å². The maximum atomic E-state index is 13.4. The van der Waals surface area contributed by atoms with E-state index in [1.165, 1.54) is 52.8 Å². The molecule has 4 nitrogen and oxygen atoms in total. The van der Waals surface area contributed by atoms with Gasteiger partial charge in [0.2, 0.25) is 0 Å². The molecule has 0 N–H and O–H groups in total. The predicted molar refractivity (Wildman–Crippen MR) is 113 cm³/mol. The fraction of sp³-hybridized carbons (Fsp3) is 0.450. The third-order valence-electron chi connectivity index (χ3n) is 5.31. The van der Waals surface area contributed by atoms with Gasteiger partial charge in [-0.15, -0.1) is 22.7 Å². The number of ketones is 1. The molecule has 3 aromatic heterocycles. The van der Waals surface area contributed by atoms with E-state index in [0.29, 0.717) is 16.8 Å². The molecule has 0 amide bonds. The molecule has 3 heterocycles. The molecular formula is C20H20N2O2S3. The van der Waals surface area contributed by atoms with Crippen molar-refractivity contribution in [1.29, 1.82) is 0 Å². The first-order valence-electron chi connectivity index (χ1n) is 9.45. The fourth-order valence-electron chi connectivity index (χ4n) is 3.69. The summed E-state index contributed by atoms with van der Waals surface area (Å²) in [6, 6.07) is 3.75. The second-order valence-corrected chi connectivity index (χ2v) is 10.3. The molecule has 1 fully saturated rings.